The van der Waals surface area contributed by atoms with Crippen molar-refractivity contribution in [3.8, 4) is 5.75 Å². The number of anilines is 1. The predicted octanol–water partition coefficient (Wildman–Crippen LogP) is 3.36. The van der Waals surface area contributed by atoms with Gasteiger partial charge in [0.2, 0.25) is 5.91 Å². The van der Waals surface area contributed by atoms with Gasteiger partial charge < -0.3 is 15.5 Å². The third kappa shape index (κ3) is 4.85. The number of phenolic OH excluding ortho intramolecular Hbond substituents is 1. The number of nitrogens with one attached hydrogen (secondary N) is 1. The highest BCUT2D eigenvalue weighted by molar-refractivity contribution is 5.91. The van der Waals surface area contributed by atoms with Crippen LogP contribution in [0, 0.1) is 6.92 Å². The molecule has 0 heterocycles. The topological polar surface area (TPSA) is 69.6 Å². The summed E-state index contributed by atoms with van der Waals surface area (Å²) in [5.41, 5.74) is 0.431. The first kappa shape index (κ1) is 16.5. The van der Waals surface area contributed by atoms with Gasteiger partial charge in [0.05, 0.1) is 12.0 Å². The number of benzene rings is 1. The molecule has 20 heavy (non-hydrogen) atoms. The van der Waals surface area contributed by atoms with Gasteiger partial charge in [0.25, 0.3) is 0 Å². The zero-order chi connectivity index (χ0) is 15.2. The fraction of sp³-hybridized carbons (Fsp3) is 0.562. The molecule has 1 rings (SSSR count). The van der Waals surface area contributed by atoms with Gasteiger partial charge in [-0.15, -0.1) is 0 Å². The van der Waals surface area contributed by atoms with E-state index in [2.05, 4.69) is 5.32 Å². The molecule has 0 radical (unpaired) electrons. The van der Waals surface area contributed by atoms with Gasteiger partial charge in [-0.05, 0) is 43.5 Å². The van der Waals surface area contributed by atoms with Crippen LogP contribution in [0.4, 0.5) is 5.69 Å². The summed E-state index contributed by atoms with van der Waals surface area (Å²) in [6.45, 7) is 5.78. The minimum absolute atomic E-state index is 0.106. The summed E-state index contributed by atoms with van der Waals surface area (Å²) in [5.74, 6) is 0.0101. The molecule has 1 aromatic rings. The molecule has 0 aliphatic rings. The molecular formula is C16H25NO3. The van der Waals surface area contributed by atoms with Crippen molar-refractivity contribution in [3.05, 3.63) is 23.8 Å². The fourth-order valence-electron chi connectivity index (χ4n) is 2.47. The predicted molar refractivity (Wildman–Crippen MR) is 80.9 cm³/mol. The average molecular weight is 279 g/mol. The largest absolute Gasteiger partial charge is 0.508 e. The number of amides is 1. The first-order valence-electron chi connectivity index (χ1n) is 7.22. The van der Waals surface area contributed by atoms with E-state index in [9.17, 15) is 15.0 Å². The first-order valence-corrected chi connectivity index (χ1v) is 7.22. The minimum atomic E-state index is -0.917. The molecule has 112 valence electrons. The number of carbonyl (C=O) groups excluding carboxylic acids is 1. The van der Waals surface area contributed by atoms with Gasteiger partial charge in [-0.25, -0.2) is 0 Å². The van der Waals surface area contributed by atoms with Crippen LogP contribution in [0.25, 0.3) is 0 Å². The van der Waals surface area contributed by atoms with E-state index in [1.165, 1.54) is 0 Å². The number of aryl methyl sites for hydroxylation is 1. The molecule has 4 nitrogen and oxygen atoms in total. The Morgan fingerprint density at radius 1 is 1.25 bits per heavy atom. The van der Waals surface area contributed by atoms with E-state index in [4.69, 9.17) is 0 Å². The lowest BCUT2D eigenvalue weighted by Crippen LogP contribution is -2.33. The molecule has 0 unspecified atom stereocenters. The first-order chi connectivity index (χ1) is 9.40. The van der Waals surface area contributed by atoms with Crippen molar-refractivity contribution in [2.75, 3.05) is 5.32 Å². The molecule has 1 amide bonds. The van der Waals surface area contributed by atoms with Crippen LogP contribution in [0.1, 0.15) is 51.5 Å². The molecule has 3 N–H and O–H groups in total. The summed E-state index contributed by atoms with van der Waals surface area (Å²) < 4.78 is 0. The highest BCUT2D eigenvalue weighted by Gasteiger charge is 2.28. The molecule has 0 atom stereocenters. The Balaban J connectivity index is 2.67. The van der Waals surface area contributed by atoms with Crippen LogP contribution in [-0.4, -0.2) is 21.7 Å². The zero-order valence-electron chi connectivity index (χ0n) is 12.6. The Morgan fingerprint density at radius 2 is 1.85 bits per heavy atom. The Hall–Kier alpha value is -1.55. The van der Waals surface area contributed by atoms with Crippen LogP contribution in [0.2, 0.25) is 0 Å². The molecule has 0 aromatic heterocycles. The Labute approximate surface area is 120 Å². The maximum Gasteiger partial charge on any atom is 0.227 e. The van der Waals surface area contributed by atoms with Gasteiger partial charge in [0.15, 0.2) is 0 Å². The minimum Gasteiger partial charge on any atom is -0.508 e. The van der Waals surface area contributed by atoms with Crippen LogP contribution >= 0.6 is 0 Å². The number of hydrogen-bond acceptors (Lipinski definition) is 3. The lowest BCUT2D eigenvalue weighted by molar-refractivity contribution is -0.121. The van der Waals surface area contributed by atoms with Crippen LogP contribution in [0.3, 0.4) is 0 Å². The molecule has 0 aliphatic heterocycles. The average Bonchev–Trinajstić information content (AvgIpc) is 2.34. The Kier molecular flexibility index (Phi) is 6.02. The van der Waals surface area contributed by atoms with Gasteiger partial charge in [-0.2, -0.15) is 0 Å². The van der Waals surface area contributed by atoms with Crippen molar-refractivity contribution in [2.45, 2.75) is 58.5 Å². The van der Waals surface area contributed by atoms with Crippen molar-refractivity contribution in [2.24, 2.45) is 0 Å². The van der Waals surface area contributed by atoms with E-state index in [0.29, 0.717) is 24.1 Å². The van der Waals surface area contributed by atoms with Crippen molar-refractivity contribution in [1.29, 1.82) is 0 Å². The summed E-state index contributed by atoms with van der Waals surface area (Å²) in [5, 5.41) is 22.7. The SMILES string of the molecule is CCCC(O)(CCC)CC(=O)Nc1ccc(O)c(C)c1. The van der Waals surface area contributed by atoms with Crippen LogP contribution < -0.4 is 5.32 Å². The number of aliphatic hydroxyl groups is 1. The summed E-state index contributed by atoms with van der Waals surface area (Å²) >= 11 is 0. The third-order valence-corrected chi connectivity index (χ3v) is 3.40. The Bertz CT molecular complexity index is 451. The van der Waals surface area contributed by atoms with Crippen LogP contribution in [0.15, 0.2) is 18.2 Å². The van der Waals surface area contributed by atoms with E-state index in [-0.39, 0.29) is 18.1 Å². The monoisotopic (exact) mass is 279 g/mol. The van der Waals surface area contributed by atoms with Crippen molar-refractivity contribution in [3.63, 3.8) is 0 Å². The van der Waals surface area contributed by atoms with Gasteiger partial charge in [-0.3, -0.25) is 4.79 Å². The normalized spacial score (nSPS) is 11.4. The quantitative estimate of drug-likeness (QED) is 0.670. The summed E-state index contributed by atoms with van der Waals surface area (Å²) in [4.78, 5) is 12.0. The molecule has 0 aliphatic carbocycles. The third-order valence-electron chi connectivity index (χ3n) is 3.40. The van der Waals surface area contributed by atoms with Gasteiger partial charge >= 0.3 is 0 Å². The lowest BCUT2D eigenvalue weighted by Gasteiger charge is -2.26. The molecule has 4 heteroatoms. The lowest BCUT2D eigenvalue weighted by atomic mass is 9.89. The second-order valence-electron chi connectivity index (χ2n) is 5.45. The molecular weight excluding hydrogens is 254 g/mol. The van der Waals surface area contributed by atoms with Gasteiger partial charge in [-0.1, -0.05) is 26.7 Å². The molecule has 1 aromatic carbocycles. The fourth-order valence-corrected chi connectivity index (χ4v) is 2.47. The summed E-state index contributed by atoms with van der Waals surface area (Å²) in [6, 6.07) is 4.92. The van der Waals surface area contributed by atoms with E-state index >= 15 is 0 Å². The second-order valence-corrected chi connectivity index (χ2v) is 5.45. The summed E-state index contributed by atoms with van der Waals surface area (Å²) in [7, 11) is 0. The maximum atomic E-state index is 12.0. The highest BCUT2D eigenvalue weighted by Crippen LogP contribution is 2.25. The number of hydrogen-bond donors (Lipinski definition) is 3. The van der Waals surface area contributed by atoms with Crippen molar-refractivity contribution in [1.82, 2.24) is 0 Å². The highest BCUT2D eigenvalue weighted by atomic mass is 16.3. The molecule has 0 spiro atoms. The summed E-state index contributed by atoms with van der Waals surface area (Å²) in [6.07, 6.45) is 3.06. The number of carbonyl (C=O) groups is 1. The van der Waals surface area contributed by atoms with Gasteiger partial charge in [0, 0.05) is 5.69 Å². The zero-order valence-corrected chi connectivity index (χ0v) is 12.6. The Morgan fingerprint density at radius 3 is 2.35 bits per heavy atom. The number of aromatic hydroxyl groups is 1. The molecule has 0 fully saturated rings. The van der Waals surface area contributed by atoms with E-state index in [1.807, 2.05) is 13.8 Å². The maximum absolute atomic E-state index is 12.0. The number of rotatable bonds is 7. The van der Waals surface area contributed by atoms with E-state index < -0.39 is 5.60 Å². The molecule has 0 saturated heterocycles. The van der Waals surface area contributed by atoms with Crippen molar-refractivity contribution >= 4 is 11.6 Å². The van der Waals surface area contributed by atoms with Gasteiger partial charge in [0.1, 0.15) is 5.75 Å². The van der Waals surface area contributed by atoms with E-state index in [1.54, 1.807) is 25.1 Å². The van der Waals surface area contributed by atoms with E-state index in [0.717, 1.165) is 12.8 Å². The smallest absolute Gasteiger partial charge is 0.227 e. The second kappa shape index (κ2) is 7.29. The van der Waals surface area contributed by atoms with Crippen LogP contribution in [-0.2, 0) is 4.79 Å². The molecule has 0 saturated carbocycles. The molecule has 0 bridgehead atoms. The number of phenols is 1. The standard InChI is InChI=1S/C16H25NO3/c1-4-8-16(20,9-5-2)11-15(19)17-13-6-7-14(18)12(3)10-13/h6-7,10,18,20H,4-5,8-9,11H2,1-3H3,(H,17,19). The van der Waals surface area contributed by atoms with Crippen LogP contribution in [0.5, 0.6) is 5.75 Å². The van der Waals surface area contributed by atoms with Crippen molar-refractivity contribution < 1.29 is 15.0 Å².